The average molecular weight is 298 g/mol. The molecule has 0 amide bonds. The molecular formula is C13H16ClF4N. The van der Waals surface area contributed by atoms with Crippen molar-refractivity contribution in [1.82, 2.24) is 5.32 Å². The predicted octanol–water partition coefficient (Wildman–Crippen LogP) is 4.34. The Kier molecular flexibility index (Phi) is 6.07. The van der Waals surface area contributed by atoms with Crippen molar-refractivity contribution in [2.45, 2.75) is 38.4 Å². The van der Waals surface area contributed by atoms with Crippen LogP contribution in [0, 0.1) is 5.82 Å². The van der Waals surface area contributed by atoms with E-state index in [1.807, 2.05) is 6.92 Å². The Hall–Kier alpha value is -0.810. The van der Waals surface area contributed by atoms with Crippen LogP contribution in [0.15, 0.2) is 18.2 Å². The maximum Gasteiger partial charge on any atom is 0.390 e. The van der Waals surface area contributed by atoms with E-state index in [0.717, 1.165) is 12.5 Å². The van der Waals surface area contributed by atoms with E-state index in [-0.39, 0.29) is 11.4 Å². The number of alkyl halides is 3. The van der Waals surface area contributed by atoms with Gasteiger partial charge in [-0.25, -0.2) is 4.39 Å². The summed E-state index contributed by atoms with van der Waals surface area (Å²) in [6, 6.07) is 2.99. The van der Waals surface area contributed by atoms with Crippen molar-refractivity contribution in [2.75, 3.05) is 6.54 Å². The lowest BCUT2D eigenvalue weighted by Crippen LogP contribution is -2.36. The molecule has 0 aromatic heterocycles. The number of hydrogen-bond donors (Lipinski definition) is 1. The van der Waals surface area contributed by atoms with Gasteiger partial charge in [0.2, 0.25) is 0 Å². The molecule has 0 heterocycles. The molecule has 0 saturated carbocycles. The zero-order valence-electron chi connectivity index (χ0n) is 10.5. The van der Waals surface area contributed by atoms with Gasteiger partial charge in [-0.05, 0) is 37.1 Å². The topological polar surface area (TPSA) is 12.0 Å². The van der Waals surface area contributed by atoms with E-state index < -0.39 is 24.5 Å². The van der Waals surface area contributed by atoms with Gasteiger partial charge in [0.05, 0.1) is 6.42 Å². The van der Waals surface area contributed by atoms with Crippen molar-refractivity contribution >= 4 is 11.6 Å². The van der Waals surface area contributed by atoms with Crippen molar-refractivity contribution < 1.29 is 17.6 Å². The highest BCUT2D eigenvalue weighted by atomic mass is 35.5. The molecule has 1 nitrogen and oxygen atoms in total. The molecule has 1 N–H and O–H groups in total. The first-order valence-corrected chi connectivity index (χ1v) is 6.43. The largest absolute Gasteiger partial charge is 0.390 e. The average Bonchev–Trinajstić information content (AvgIpc) is 2.27. The Morgan fingerprint density at radius 3 is 2.53 bits per heavy atom. The first-order valence-electron chi connectivity index (χ1n) is 6.06. The highest BCUT2D eigenvalue weighted by molar-refractivity contribution is 6.31. The van der Waals surface area contributed by atoms with Crippen LogP contribution in [0.4, 0.5) is 17.6 Å². The van der Waals surface area contributed by atoms with E-state index >= 15 is 0 Å². The van der Waals surface area contributed by atoms with Gasteiger partial charge in [0.1, 0.15) is 5.82 Å². The van der Waals surface area contributed by atoms with E-state index in [0.29, 0.717) is 12.1 Å². The fraction of sp³-hybridized carbons (Fsp3) is 0.538. The van der Waals surface area contributed by atoms with Gasteiger partial charge in [-0.15, -0.1) is 0 Å². The summed E-state index contributed by atoms with van der Waals surface area (Å²) in [4.78, 5) is 0. The Morgan fingerprint density at radius 1 is 1.32 bits per heavy atom. The first kappa shape index (κ1) is 16.2. The molecule has 6 heteroatoms. The summed E-state index contributed by atoms with van der Waals surface area (Å²) in [6.45, 7) is 2.38. The van der Waals surface area contributed by atoms with Crippen molar-refractivity contribution in [2.24, 2.45) is 0 Å². The lowest BCUT2D eigenvalue weighted by Gasteiger charge is -2.20. The minimum absolute atomic E-state index is 0.124. The molecule has 1 unspecified atom stereocenters. The minimum atomic E-state index is -4.24. The highest BCUT2D eigenvalue weighted by Crippen LogP contribution is 2.25. The summed E-state index contributed by atoms with van der Waals surface area (Å²) in [5.74, 6) is -0.498. The molecule has 0 aliphatic heterocycles. The van der Waals surface area contributed by atoms with Crippen LogP contribution in [-0.4, -0.2) is 18.8 Å². The Labute approximate surface area is 115 Å². The van der Waals surface area contributed by atoms with E-state index in [1.165, 1.54) is 12.1 Å². The molecule has 0 aliphatic carbocycles. The summed E-state index contributed by atoms with van der Waals surface area (Å²) in [5.41, 5.74) is 0.515. The summed E-state index contributed by atoms with van der Waals surface area (Å²) < 4.78 is 50.3. The number of benzene rings is 1. The summed E-state index contributed by atoms with van der Waals surface area (Å²) >= 11 is 5.83. The molecule has 1 aromatic carbocycles. The van der Waals surface area contributed by atoms with Gasteiger partial charge in [0, 0.05) is 11.1 Å². The van der Waals surface area contributed by atoms with Gasteiger partial charge >= 0.3 is 6.18 Å². The maximum absolute atomic E-state index is 12.9. The van der Waals surface area contributed by atoms with E-state index in [2.05, 4.69) is 5.32 Å². The van der Waals surface area contributed by atoms with Crippen LogP contribution in [0.3, 0.4) is 0 Å². The summed E-state index contributed by atoms with van der Waals surface area (Å²) in [7, 11) is 0. The van der Waals surface area contributed by atoms with E-state index in [9.17, 15) is 17.6 Å². The van der Waals surface area contributed by atoms with E-state index in [1.54, 1.807) is 0 Å². The second-order valence-electron chi connectivity index (χ2n) is 4.41. The second-order valence-corrected chi connectivity index (χ2v) is 4.82. The van der Waals surface area contributed by atoms with E-state index in [4.69, 9.17) is 11.6 Å². The second kappa shape index (κ2) is 7.10. The lowest BCUT2D eigenvalue weighted by atomic mass is 10.0. The van der Waals surface area contributed by atoms with Crippen molar-refractivity contribution in [3.63, 3.8) is 0 Å². The molecule has 108 valence electrons. The van der Waals surface area contributed by atoms with Gasteiger partial charge in [-0.2, -0.15) is 13.2 Å². The molecule has 0 spiro atoms. The number of halogens is 5. The molecule has 0 bridgehead atoms. The van der Waals surface area contributed by atoms with Crippen LogP contribution in [0.2, 0.25) is 5.02 Å². The molecule has 19 heavy (non-hydrogen) atoms. The van der Waals surface area contributed by atoms with Gasteiger partial charge < -0.3 is 5.32 Å². The highest BCUT2D eigenvalue weighted by Gasteiger charge is 2.31. The van der Waals surface area contributed by atoms with Crippen LogP contribution in [0.5, 0.6) is 0 Å². The fourth-order valence-corrected chi connectivity index (χ4v) is 2.04. The predicted molar refractivity (Wildman–Crippen MR) is 67.9 cm³/mol. The number of nitrogens with one attached hydrogen (secondary N) is 1. The third kappa shape index (κ3) is 6.25. The zero-order chi connectivity index (χ0) is 14.5. The van der Waals surface area contributed by atoms with Gasteiger partial charge in [-0.3, -0.25) is 0 Å². The monoisotopic (exact) mass is 297 g/mol. The zero-order valence-corrected chi connectivity index (χ0v) is 11.3. The van der Waals surface area contributed by atoms with Crippen molar-refractivity contribution in [3.8, 4) is 0 Å². The Bertz CT molecular complexity index is 406. The molecule has 1 atom stereocenters. The van der Waals surface area contributed by atoms with Gasteiger partial charge in [0.25, 0.3) is 0 Å². The molecule has 0 aliphatic rings. The normalized spacial score (nSPS) is 13.6. The molecule has 0 saturated heterocycles. The molecule has 1 aromatic rings. The maximum atomic E-state index is 12.9. The minimum Gasteiger partial charge on any atom is -0.313 e. The number of hydrogen-bond acceptors (Lipinski definition) is 1. The molecule has 0 fully saturated rings. The van der Waals surface area contributed by atoms with Gasteiger partial charge in [-0.1, -0.05) is 24.6 Å². The van der Waals surface area contributed by atoms with Crippen LogP contribution in [-0.2, 0) is 6.42 Å². The van der Waals surface area contributed by atoms with Crippen LogP contribution in [0.1, 0.15) is 25.3 Å². The third-order valence-corrected chi connectivity index (χ3v) is 2.99. The summed E-state index contributed by atoms with van der Waals surface area (Å²) in [5, 5.41) is 3.00. The van der Waals surface area contributed by atoms with Crippen molar-refractivity contribution in [3.05, 3.63) is 34.6 Å². The number of rotatable bonds is 6. The van der Waals surface area contributed by atoms with Crippen LogP contribution in [0.25, 0.3) is 0 Å². The molecular weight excluding hydrogens is 282 g/mol. The van der Waals surface area contributed by atoms with Crippen LogP contribution >= 0.6 is 11.6 Å². The SMILES string of the molecule is CCCNC(Cc1ccc(F)cc1Cl)CC(F)(F)F. The molecule has 0 radical (unpaired) electrons. The van der Waals surface area contributed by atoms with Gasteiger partial charge in [0.15, 0.2) is 0 Å². The van der Waals surface area contributed by atoms with Crippen LogP contribution < -0.4 is 5.32 Å². The fourth-order valence-electron chi connectivity index (χ4n) is 1.80. The standard InChI is InChI=1S/C13H16ClF4N/c1-2-5-19-11(8-13(16,17)18)6-9-3-4-10(15)7-12(9)14/h3-4,7,11,19H,2,5-6,8H2,1H3. The Morgan fingerprint density at radius 2 is 2.00 bits per heavy atom. The Balaban J connectivity index is 2.75. The summed E-state index contributed by atoms with van der Waals surface area (Å²) in [6.07, 6.45) is -4.30. The third-order valence-electron chi connectivity index (χ3n) is 2.64. The first-order chi connectivity index (χ1) is 8.81. The quantitative estimate of drug-likeness (QED) is 0.770. The lowest BCUT2D eigenvalue weighted by molar-refractivity contribution is -0.139. The smallest absolute Gasteiger partial charge is 0.313 e. The molecule has 1 rings (SSSR count). The van der Waals surface area contributed by atoms with Crippen molar-refractivity contribution in [1.29, 1.82) is 0 Å².